The molecular weight excluding hydrogens is 186 g/mol. The smallest absolute Gasteiger partial charge is 0.128 e. The van der Waals surface area contributed by atoms with Crippen LogP contribution in [0.15, 0.2) is 12.3 Å². The zero-order valence-electron chi connectivity index (χ0n) is 7.20. The minimum Gasteiger partial charge on any atom is -0.383 e. The van der Waals surface area contributed by atoms with Gasteiger partial charge in [-0.25, -0.2) is 4.98 Å². The van der Waals surface area contributed by atoms with Crippen LogP contribution in [0.2, 0.25) is 5.02 Å². The van der Waals surface area contributed by atoms with E-state index in [2.05, 4.69) is 4.98 Å². The van der Waals surface area contributed by atoms with E-state index in [0.717, 1.165) is 5.56 Å². The molecule has 1 aliphatic carbocycles. The lowest BCUT2D eigenvalue weighted by Crippen LogP contribution is -2.15. The van der Waals surface area contributed by atoms with Crippen LogP contribution in [-0.4, -0.2) is 4.98 Å². The van der Waals surface area contributed by atoms with Crippen LogP contribution in [0.5, 0.6) is 0 Å². The summed E-state index contributed by atoms with van der Waals surface area (Å²) in [6.45, 7) is 0. The van der Waals surface area contributed by atoms with Gasteiger partial charge in [-0.15, -0.1) is 0 Å². The minimum absolute atomic E-state index is 0.00574. The van der Waals surface area contributed by atoms with Crippen molar-refractivity contribution in [2.45, 2.75) is 18.9 Å². The maximum atomic E-state index is 5.99. The first-order valence-electron chi connectivity index (χ1n) is 4.35. The second-order valence-electron chi connectivity index (χ2n) is 3.49. The van der Waals surface area contributed by atoms with Gasteiger partial charge in [-0.3, -0.25) is 0 Å². The van der Waals surface area contributed by atoms with Crippen LogP contribution in [0.3, 0.4) is 0 Å². The summed E-state index contributed by atoms with van der Waals surface area (Å²) in [6.07, 6.45) is 3.92. The molecule has 0 spiro atoms. The topological polar surface area (TPSA) is 64.9 Å². The highest BCUT2D eigenvalue weighted by atomic mass is 35.5. The van der Waals surface area contributed by atoms with Crippen molar-refractivity contribution < 1.29 is 0 Å². The van der Waals surface area contributed by atoms with Gasteiger partial charge < -0.3 is 11.5 Å². The van der Waals surface area contributed by atoms with Gasteiger partial charge in [0, 0.05) is 17.8 Å². The molecule has 1 atom stereocenters. The molecule has 0 bridgehead atoms. The van der Waals surface area contributed by atoms with Crippen molar-refractivity contribution in [3.8, 4) is 0 Å². The predicted molar refractivity (Wildman–Crippen MR) is 53.3 cm³/mol. The number of nitrogens with two attached hydrogens (primary N) is 2. The Morgan fingerprint density at radius 3 is 2.85 bits per heavy atom. The standard InChI is InChI=1S/C9H12ClN3/c10-6-3-7(9(12)13-4-6)8(11)5-1-2-5/h3-5,8H,1-2,11H2,(H2,12,13)/t8-/m1/s1. The molecule has 0 saturated heterocycles. The molecule has 3 nitrogen and oxygen atoms in total. The number of anilines is 1. The molecule has 1 fully saturated rings. The fourth-order valence-electron chi connectivity index (χ4n) is 1.44. The number of hydrogen-bond acceptors (Lipinski definition) is 3. The summed E-state index contributed by atoms with van der Waals surface area (Å²) in [5.41, 5.74) is 12.6. The van der Waals surface area contributed by atoms with Crippen molar-refractivity contribution in [1.29, 1.82) is 0 Å². The van der Waals surface area contributed by atoms with Crippen molar-refractivity contribution >= 4 is 17.4 Å². The Balaban J connectivity index is 2.31. The average molecular weight is 198 g/mol. The normalized spacial score (nSPS) is 18.6. The Morgan fingerprint density at radius 1 is 1.54 bits per heavy atom. The van der Waals surface area contributed by atoms with Gasteiger partial charge in [0.25, 0.3) is 0 Å². The van der Waals surface area contributed by atoms with Gasteiger partial charge in [0.05, 0.1) is 5.02 Å². The molecular formula is C9H12ClN3. The van der Waals surface area contributed by atoms with Crippen LogP contribution < -0.4 is 11.5 Å². The van der Waals surface area contributed by atoms with E-state index in [1.165, 1.54) is 12.8 Å². The van der Waals surface area contributed by atoms with E-state index >= 15 is 0 Å². The van der Waals surface area contributed by atoms with Crippen molar-refractivity contribution in [2.75, 3.05) is 5.73 Å². The summed E-state index contributed by atoms with van der Waals surface area (Å²) in [6, 6.07) is 1.82. The largest absolute Gasteiger partial charge is 0.383 e. The lowest BCUT2D eigenvalue weighted by Gasteiger charge is -2.12. The van der Waals surface area contributed by atoms with Gasteiger partial charge in [-0.05, 0) is 24.8 Å². The van der Waals surface area contributed by atoms with Gasteiger partial charge in [0.1, 0.15) is 5.82 Å². The van der Waals surface area contributed by atoms with Crippen molar-refractivity contribution in [3.63, 3.8) is 0 Å². The van der Waals surface area contributed by atoms with E-state index in [0.29, 0.717) is 16.8 Å². The summed E-state index contributed by atoms with van der Waals surface area (Å²) in [5.74, 6) is 1.08. The lowest BCUT2D eigenvalue weighted by molar-refractivity contribution is 0.633. The number of halogens is 1. The van der Waals surface area contributed by atoms with Crippen LogP contribution in [0.25, 0.3) is 0 Å². The van der Waals surface area contributed by atoms with Crippen molar-refractivity contribution in [1.82, 2.24) is 4.98 Å². The molecule has 4 heteroatoms. The van der Waals surface area contributed by atoms with Crippen LogP contribution in [-0.2, 0) is 0 Å². The Morgan fingerprint density at radius 2 is 2.23 bits per heavy atom. The number of pyridine rings is 1. The summed E-state index contributed by atoms with van der Waals surface area (Å²) < 4.78 is 0. The second kappa shape index (κ2) is 3.16. The highest BCUT2D eigenvalue weighted by molar-refractivity contribution is 6.30. The number of aromatic nitrogens is 1. The highest BCUT2D eigenvalue weighted by Gasteiger charge is 2.30. The van der Waals surface area contributed by atoms with Crippen LogP contribution in [0.4, 0.5) is 5.82 Å². The molecule has 0 amide bonds. The van der Waals surface area contributed by atoms with Gasteiger partial charge in [0.2, 0.25) is 0 Å². The van der Waals surface area contributed by atoms with E-state index < -0.39 is 0 Å². The third kappa shape index (κ3) is 1.76. The first kappa shape index (κ1) is 8.78. The Labute approximate surface area is 82.1 Å². The number of nitrogen functional groups attached to an aromatic ring is 1. The van der Waals surface area contributed by atoms with Crippen molar-refractivity contribution in [2.24, 2.45) is 11.7 Å². The minimum atomic E-state index is 0.00574. The molecule has 1 heterocycles. The first-order valence-corrected chi connectivity index (χ1v) is 4.73. The predicted octanol–water partition coefficient (Wildman–Crippen LogP) is 1.73. The van der Waals surface area contributed by atoms with E-state index in [9.17, 15) is 0 Å². The molecule has 0 radical (unpaired) electrons. The van der Waals surface area contributed by atoms with E-state index in [-0.39, 0.29) is 6.04 Å². The van der Waals surface area contributed by atoms with Gasteiger partial charge in [-0.1, -0.05) is 11.6 Å². The van der Waals surface area contributed by atoms with E-state index in [4.69, 9.17) is 23.1 Å². The summed E-state index contributed by atoms with van der Waals surface area (Å²) in [7, 11) is 0. The second-order valence-corrected chi connectivity index (χ2v) is 3.93. The molecule has 0 aliphatic heterocycles. The van der Waals surface area contributed by atoms with Crippen LogP contribution >= 0.6 is 11.6 Å². The van der Waals surface area contributed by atoms with Gasteiger partial charge in [0.15, 0.2) is 0 Å². The van der Waals surface area contributed by atoms with Crippen LogP contribution in [0.1, 0.15) is 24.4 Å². The summed E-state index contributed by atoms with van der Waals surface area (Å²) >= 11 is 5.81. The fraction of sp³-hybridized carbons (Fsp3) is 0.444. The third-order valence-corrected chi connectivity index (χ3v) is 2.61. The SMILES string of the molecule is Nc1ncc(Cl)cc1[C@H](N)C1CC1. The molecule has 1 saturated carbocycles. The molecule has 70 valence electrons. The summed E-state index contributed by atoms with van der Waals surface area (Å²) in [4.78, 5) is 3.98. The third-order valence-electron chi connectivity index (χ3n) is 2.41. The zero-order chi connectivity index (χ0) is 9.42. The molecule has 1 aromatic rings. The Bertz CT molecular complexity index is 323. The molecule has 13 heavy (non-hydrogen) atoms. The first-order chi connectivity index (χ1) is 6.18. The molecule has 2 rings (SSSR count). The van der Waals surface area contributed by atoms with E-state index in [1.54, 1.807) is 6.20 Å². The monoisotopic (exact) mass is 197 g/mol. The molecule has 0 aromatic carbocycles. The van der Waals surface area contributed by atoms with Crippen LogP contribution in [0, 0.1) is 5.92 Å². The quantitative estimate of drug-likeness (QED) is 0.759. The Kier molecular flexibility index (Phi) is 2.14. The van der Waals surface area contributed by atoms with Gasteiger partial charge in [-0.2, -0.15) is 0 Å². The maximum absolute atomic E-state index is 5.99. The molecule has 0 unspecified atom stereocenters. The molecule has 1 aliphatic rings. The number of hydrogen-bond donors (Lipinski definition) is 2. The van der Waals surface area contributed by atoms with Gasteiger partial charge >= 0.3 is 0 Å². The average Bonchev–Trinajstić information content (AvgIpc) is 2.91. The Hall–Kier alpha value is -0.800. The van der Waals surface area contributed by atoms with Crippen molar-refractivity contribution in [3.05, 3.63) is 22.8 Å². The fourth-order valence-corrected chi connectivity index (χ4v) is 1.61. The highest BCUT2D eigenvalue weighted by Crippen LogP contribution is 2.40. The number of rotatable bonds is 2. The summed E-state index contributed by atoms with van der Waals surface area (Å²) in [5, 5.41) is 0.598. The molecule has 1 aromatic heterocycles. The zero-order valence-corrected chi connectivity index (χ0v) is 7.96. The lowest BCUT2D eigenvalue weighted by atomic mass is 10.0. The molecule has 4 N–H and O–H groups in total. The maximum Gasteiger partial charge on any atom is 0.128 e. The van der Waals surface area contributed by atoms with E-state index in [1.807, 2.05) is 6.07 Å². The number of nitrogens with zero attached hydrogens (tertiary/aromatic N) is 1.